The van der Waals surface area contributed by atoms with E-state index in [1.165, 1.54) is 11.1 Å². The molecular formula is C22H29N5O2S. The van der Waals surface area contributed by atoms with Gasteiger partial charge in [0.05, 0.1) is 23.4 Å². The largest absolute Gasteiger partial charge is 0.379 e. The van der Waals surface area contributed by atoms with Crippen molar-refractivity contribution in [1.29, 1.82) is 0 Å². The van der Waals surface area contributed by atoms with Crippen molar-refractivity contribution in [1.82, 2.24) is 19.7 Å². The highest BCUT2D eigenvalue weighted by atomic mass is 32.1. The number of rotatable bonds is 6. The second-order valence-electron chi connectivity index (χ2n) is 8.09. The first kappa shape index (κ1) is 21.0. The zero-order valence-electron chi connectivity index (χ0n) is 18.1. The van der Waals surface area contributed by atoms with E-state index < -0.39 is 0 Å². The quantitative estimate of drug-likeness (QED) is 0.601. The predicted molar refractivity (Wildman–Crippen MR) is 121 cm³/mol. The van der Waals surface area contributed by atoms with Crippen LogP contribution in [-0.2, 0) is 4.74 Å². The fourth-order valence-electron chi connectivity index (χ4n) is 3.86. The van der Waals surface area contributed by atoms with Gasteiger partial charge in [-0.25, -0.2) is 4.98 Å². The molecule has 2 aromatic heterocycles. The number of carbonyl (C=O) groups is 1. The van der Waals surface area contributed by atoms with Gasteiger partial charge in [0, 0.05) is 38.4 Å². The third kappa shape index (κ3) is 4.26. The highest BCUT2D eigenvalue weighted by molar-refractivity contribution is 7.22. The maximum absolute atomic E-state index is 13.6. The molecule has 1 amide bonds. The summed E-state index contributed by atoms with van der Waals surface area (Å²) >= 11 is 1.59. The van der Waals surface area contributed by atoms with Gasteiger partial charge in [0.25, 0.3) is 5.91 Å². The van der Waals surface area contributed by atoms with Gasteiger partial charge < -0.3 is 4.74 Å². The third-order valence-electron chi connectivity index (χ3n) is 5.41. The van der Waals surface area contributed by atoms with Gasteiger partial charge in [-0.05, 0) is 51.0 Å². The number of anilines is 1. The smallest absolute Gasteiger partial charge is 0.278 e. The molecule has 0 atom stereocenters. The van der Waals surface area contributed by atoms with Gasteiger partial charge in [-0.3, -0.25) is 19.3 Å². The molecule has 0 aliphatic carbocycles. The number of hydrogen-bond donors (Lipinski definition) is 0. The normalized spacial score (nSPS) is 15.2. The summed E-state index contributed by atoms with van der Waals surface area (Å²) in [7, 11) is 0. The maximum atomic E-state index is 13.6. The van der Waals surface area contributed by atoms with Crippen LogP contribution in [0.15, 0.2) is 24.4 Å². The molecule has 0 radical (unpaired) electrons. The number of benzene rings is 1. The molecular weight excluding hydrogens is 398 g/mol. The van der Waals surface area contributed by atoms with E-state index in [4.69, 9.17) is 9.72 Å². The number of carbonyl (C=O) groups excluding carboxylic acids is 1. The Kier molecular flexibility index (Phi) is 6.17. The number of fused-ring (bicyclic) bond motifs is 1. The van der Waals surface area contributed by atoms with Crippen molar-refractivity contribution in [3.05, 3.63) is 41.2 Å². The van der Waals surface area contributed by atoms with Crippen molar-refractivity contribution >= 4 is 32.6 Å². The van der Waals surface area contributed by atoms with Gasteiger partial charge in [0.2, 0.25) is 0 Å². The van der Waals surface area contributed by atoms with Gasteiger partial charge in [-0.1, -0.05) is 17.4 Å². The second-order valence-corrected chi connectivity index (χ2v) is 9.07. The van der Waals surface area contributed by atoms with E-state index in [1.807, 2.05) is 18.7 Å². The van der Waals surface area contributed by atoms with E-state index >= 15 is 0 Å². The topological polar surface area (TPSA) is 63.5 Å². The fourth-order valence-corrected chi connectivity index (χ4v) is 4.90. The summed E-state index contributed by atoms with van der Waals surface area (Å²) in [4.78, 5) is 22.6. The molecule has 1 fully saturated rings. The standard InChI is InChI=1S/C22H29N5O2S/c1-15(2)27-19(5-6-23-27)21(28)26(8-7-25-9-11-29-12-10-25)22-24-18-14-16(3)13-17(4)20(18)30-22/h5-6,13-15H,7-12H2,1-4H3. The molecule has 3 heterocycles. The Balaban J connectivity index is 1.68. The van der Waals surface area contributed by atoms with Crippen LogP contribution in [0.25, 0.3) is 10.2 Å². The first-order valence-corrected chi connectivity index (χ1v) is 11.3. The molecule has 0 saturated carbocycles. The van der Waals surface area contributed by atoms with E-state index in [9.17, 15) is 4.79 Å². The number of nitrogens with zero attached hydrogens (tertiary/aromatic N) is 5. The maximum Gasteiger partial charge on any atom is 0.278 e. The molecule has 0 spiro atoms. The van der Waals surface area contributed by atoms with Crippen molar-refractivity contribution in [2.24, 2.45) is 0 Å². The van der Waals surface area contributed by atoms with Crippen molar-refractivity contribution in [3.8, 4) is 0 Å². The van der Waals surface area contributed by atoms with Crippen molar-refractivity contribution in [3.63, 3.8) is 0 Å². The fraction of sp³-hybridized carbons (Fsp3) is 0.500. The lowest BCUT2D eigenvalue weighted by molar-refractivity contribution is 0.0391. The van der Waals surface area contributed by atoms with Crippen molar-refractivity contribution < 1.29 is 9.53 Å². The zero-order valence-corrected chi connectivity index (χ0v) is 18.9. The van der Waals surface area contributed by atoms with Crippen LogP contribution < -0.4 is 4.90 Å². The number of aryl methyl sites for hydroxylation is 2. The van der Waals surface area contributed by atoms with Crippen LogP contribution in [0.5, 0.6) is 0 Å². The Bertz CT molecular complexity index is 1040. The highest BCUT2D eigenvalue weighted by Gasteiger charge is 2.26. The van der Waals surface area contributed by atoms with Crippen molar-refractivity contribution in [2.75, 3.05) is 44.3 Å². The molecule has 160 valence electrons. The van der Waals surface area contributed by atoms with E-state index in [0.29, 0.717) is 12.2 Å². The zero-order chi connectivity index (χ0) is 21.3. The Labute approximate surface area is 181 Å². The molecule has 7 nitrogen and oxygen atoms in total. The Morgan fingerprint density at radius 1 is 1.27 bits per heavy atom. The first-order valence-electron chi connectivity index (χ1n) is 10.5. The van der Waals surface area contributed by atoms with E-state index in [1.54, 1.807) is 28.3 Å². The Morgan fingerprint density at radius 3 is 2.77 bits per heavy atom. The minimum atomic E-state index is -0.0529. The lowest BCUT2D eigenvalue weighted by Gasteiger charge is -2.29. The SMILES string of the molecule is Cc1cc(C)c2sc(N(CCN3CCOCC3)C(=O)c3ccnn3C(C)C)nc2c1. The minimum Gasteiger partial charge on any atom is -0.379 e. The molecule has 1 aromatic carbocycles. The van der Waals surface area contributed by atoms with E-state index in [0.717, 1.165) is 48.2 Å². The van der Waals surface area contributed by atoms with Gasteiger partial charge in [0.1, 0.15) is 5.69 Å². The number of hydrogen-bond acceptors (Lipinski definition) is 6. The second kappa shape index (κ2) is 8.83. The van der Waals surface area contributed by atoms with Crippen LogP contribution in [0.1, 0.15) is 41.5 Å². The predicted octanol–water partition coefficient (Wildman–Crippen LogP) is 3.67. The van der Waals surface area contributed by atoms with Crippen LogP contribution in [0.4, 0.5) is 5.13 Å². The monoisotopic (exact) mass is 427 g/mol. The highest BCUT2D eigenvalue weighted by Crippen LogP contribution is 2.33. The Morgan fingerprint density at radius 2 is 2.03 bits per heavy atom. The average molecular weight is 428 g/mol. The summed E-state index contributed by atoms with van der Waals surface area (Å²) in [6, 6.07) is 6.16. The van der Waals surface area contributed by atoms with Crippen molar-refractivity contribution in [2.45, 2.75) is 33.7 Å². The Hall–Kier alpha value is -2.29. The number of ether oxygens (including phenoxy) is 1. The number of morpholine rings is 1. The molecule has 0 bridgehead atoms. The first-order chi connectivity index (χ1) is 14.4. The summed E-state index contributed by atoms with van der Waals surface area (Å²) in [6.45, 7) is 12.9. The molecule has 1 saturated heterocycles. The molecule has 1 aliphatic rings. The van der Waals surface area contributed by atoms with Crippen LogP contribution >= 0.6 is 11.3 Å². The number of thiazole rings is 1. The number of amides is 1. The molecule has 0 N–H and O–H groups in total. The molecule has 1 aliphatic heterocycles. The third-order valence-corrected chi connectivity index (χ3v) is 6.64. The van der Waals surface area contributed by atoms with Gasteiger partial charge in [-0.2, -0.15) is 5.10 Å². The van der Waals surface area contributed by atoms with Gasteiger partial charge in [-0.15, -0.1) is 0 Å². The van der Waals surface area contributed by atoms with Crippen LogP contribution in [-0.4, -0.2) is 65.0 Å². The molecule has 4 rings (SSSR count). The minimum absolute atomic E-state index is 0.0529. The molecule has 3 aromatic rings. The average Bonchev–Trinajstić information content (AvgIpc) is 3.36. The molecule has 8 heteroatoms. The summed E-state index contributed by atoms with van der Waals surface area (Å²) in [5.41, 5.74) is 3.93. The summed E-state index contributed by atoms with van der Waals surface area (Å²) in [5, 5.41) is 5.10. The molecule has 30 heavy (non-hydrogen) atoms. The lowest BCUT2D eigenvalue weighted by atomic mass is 10.1. The summed E-state index contributed by atoms with van der Waals surface area (Å²) in [5.74, 6) is -0.0529. The summed E-state index contributed by atoms with van der Waals surface area (Å²) in [6.07, 6.45) is 1.69. The number of aromatic nitrogens is 3. The van der Waals surface area contributed by atoms with Crippen LogP contribution in [0.3, 0.4) is 0 Å². The van der Waals surface area contributed by atoms with Gasteiger partial charge >= 0.3 is 0 Å². The van der Waals surface area contributed by atoms with Crippen LogP contribution in [0.2, 0.25) is 0 Å². The summed E-state index contributed by atoms with van der Waals surface area (Å²) < 4.78 is 8.38. The van der Waals surface area contributed by atoms with Gasteiger partial charge in [0.15, 0.2) is 5.13 Å². The van der Waals surface area contributed by atoms with Crippen LogP contribution in [0, 0.1) is 13.8 Å². The van der Waals surface area contributed by atoms with E-state index in [-0.39, 0.29) is 11.9 Å². The van der Waals surface area contributed by atoms with E-state index in [2.05, 4.69) is 36.0 Å². The lowest BCUT2D eigenvalue weighted by Crippen LogP contribution is -2.43. The molecule has 0 unspecified atom stereocenters.